The largest absolute Gasteiger partial charge is 0.480 e. The van der Waals surface area contributed by atoms with Crippen LogP contribution in [0, 0.1) is 6.92 Å². The van der Waals surface area contributed by atoms with E-state index in [1.165, 1.54) is 6.92 Å². The maximum Gasteiger partial charge on any atom is 0.325 e. The Bertz CT molecular complexity index is 464. The van der Waals surface area contributed by atoms with Crippen LogP contribution in [0.2, 0.25) is 0 Å². The van der Waals surface area contributed by atoms with Gasteiger partial charge in [0.15, 0.2) is 0 Å². The molecule has 1 atom stereocenters. The van der Waals surface area contributed by atoms with E-state index in [9.17, 15) is 9.59 Å². The summed E-state index contributed by atoms with van der Waals surface area (Å²) < 4.78 is 1.69. The molecule has 1 amide bonds. The molecule has 1 heterocycles. The van der Waals surface area contributed by atoms with E-state index < -0.39 is 17.9 Å². The molecule has 0 bridgehead atoms. The maximum absolute atomic E-state index is 12.1. The van der Waals surface area contributed by atoms with Gasteiger partial charge in [-0.1, -0.05) is 13.8 Å². The molecule has 1 rings (SSSR count). The van der Waals surface area contributed by atoms with E-state index in [4.69, 9.17) is 5.11 Å². The number of nitrogens with one attached hydrogen (secondary N) is 1. The summed E-state index contributed by atoms with van der Waals surface area (Å²) in [6.45, 7) is 7.32. The van der Waals surface area contributed by atoms with Crippen molar-refractivity contribution in [2.24, 2.45) is 0 Å². The topological polar surface area (TPSA) is 84.2 Å². The molecule has 0 spiro atoms. The second-order valence-corrected chi connectivity index (χ2v) is 4.62. The Morgan fingerprint density at radius 1 is 1.42 bits per heavy atom. The first-order valence-electron chi connectivity index (χ1n) is 6.50. The molecule has 0 aromatic carbocycles. The molecule has 1 aromatic rings. The van der Waals surface area contributed by atoms with Gasteiger partial charge in [-0.3, -0.25) is 14.3 Å². The first-order valence-corrected chi connectivity index (χ1v) is 6.50. The van der Waals surface area contributed by atoms with Crippen molar-refractivity contribution < 1.29 is 14.7 Å². The van der Waals surface area contributed by atoms with Crippen LogP contribution in [0.5, 0.6) is 0 Å². The Morgan fingerprint density at radius 3 is 2.47 bits per heavy atom. The fourth-order valence-electron chi connectivity index (χ4n) is 1.93. The van der Waals surface area contributed by atoms with Crippen molar-refractivity contribution in [3.8, 4) is 0 Å². The minimum absolute atomic E-state index is 0.148. The summed E-state index contributed by atoms with van der Waals surface area (Å²) in [7, 11) is 0. The van der Waals surface area contributed by atoms with Gasteiger partial charge in [-0.2, -0.15) is 5.10 Å². The average Bonchev–Trinajstić information content (AvgIpc) is 2.73. The summed E-state index contributed by atoms with van der Waals surface area (Å²) in [6, 6.07) is 0.912. The smallest absolute Gasteiger partial charge is 0.325 e. The number of carboxylic acid groups (broad SMARTS) is 1. The molecule has 1 unspecified atom stereocenters. The summed E-state index contributed by atoms with van der Waals surface area (Å²) in [5, 5.41) is 15.6. The zero-order valence-electron chi connectivity index (χ0n) is 11.8. The van der Waals surface area contributed by atoms with Gasteiger partial charge in [-0.05, 0) is 32.8 Å². The number of aromatic nitrogens is 2. The molecule has 0 fully saturated rings. The molecule has 6 heteroatoms. The molecule has 19 heavy (non-hydrogen) atoms. The molecular weight excluding hydrogens is 246 g/mol. The number of hydrogen-bond acceptors (Lipinski definition) is 3. The lowest BCUT2D eigenvalue weighted by Gasteiger charge is -2.17. The van der Waals surface area contributed by atoms with Crippen LogP contribution in [0.25, 0.3) is 0 Å². The predicted octanol–water partition coefficient (Wildman–Crippen LogP) is 1.76. The maximum atomic E-state index is 12.1. The van der Waals surface area contributed by atoms with Gasteiger partial charge in [0.2, 0.25) is 0 Å². The van der Waals surface area contributed by atoms with E-state index in [0.717, 1.165) is 18.5 Å². The summed E-state index contributed by atoms with van der Waals surface area (Å²) in [4.78, 5) is 22.9. The molecule has 6 nitrogen and oxygen atoms in total. The lowest BCUT2D eigenvalue weighted by molar-refractivity contribution is -0.138. The third-order valence-corrected chi connectivity index (χ3v) is 3.10. The first-order chi connectivity index (χ1) is 8.90. The predicted molar refractivity (Wildman–Crippen MR) is 71.1 cm³/mol. The van der Waals surface area contributed by atoms with Gasteiger partial charge in [0.05, 0.1) is 11.7 Å². The van der Waals surface area contributed by atoms with Crippen LogP contribution in [-0.4, -0.2) is 32.8 Å². The van der Waals surface area contributed by atoms with E-state index >= 15 is 0 Å². The quantitative estimate of drug-likeness (QED) is 0.822. The molecule has 0 aliphatic rings. The fourth-order valence-corrected chi connectivity index (χ4v) is 1.93. The van der Waals surface area contributed by atoms with Crippen LogP contribution in [-0.2, 0) is 4.79 Å². The third-order valence-electron chi connectivity index (χ3n) is 3.10. The van der Waals surface area contributed by atoms with Crippen molar-refractivity contribution in [2.75, 3.05) is 0 Å². The standard InChI is InChI=1S/C13H21N3O3/c1-5-10(6-2)16-11(7-8(3)15-16)12(17)14-9(4)13(18)19/h7,9-10H,5-6H2,1-4H3,(H,14,17)(H,18,19). The van der Waals surface area contributed by atoms with Crippen LogP contribution in [0.15, 0.2) is 6.07 Å². The number of carbonyl (C=O) groups excluding carboxylic acids is 1. The third kappa shape index (κ3) is 3.56. The van der Waals surface area contributed by atoms with Crippen LogP contribution < -0.4 is 5.32 Å². The molecule has 106 valence electrons. The van der Waals surface area contributed by atoms with Gasteiger partial charge in [0.1, 0.15) is 11.7 Å². The van der Waals surface area contributed by atoms with Crippen molar-refractivity contribution in [1.29, 1.82) is 0 Å². The van der Waals surface area contributed by atoms with Gasteiger partial charge in [-0.15, -0.1) is 0 Å². The van der Waals surface area contributed by atoms with Crippen molar-refractivity contribution >= 4 is 11.9 Å². The minimum Gasteiger partial charge on any atom is -0.480 e. The minimum atomic E-state index is -1.06. The molecule has 0 saturated carbocycles. The van der Waals surface area contributed by atoms with E-state index in [1.54, 1.807) is 10.7 Å². The number of amides is 1. The zero-order valence-corrected chi connectivity index (χ0v) is 11.8. The van der Waals surface area contributed by atoms with Crippen LogP contribution in [0.1, 0.15) is 55.8 Å². The van der Waals surface area contributed by atoms with E-state index in [1.807, 2.05) is 20.8 Å². The number of aryl methyl sites for hydroxylation is 1. The number of carboxylic acids is 1. The Morgan fingerprint density at radius 2 is 2.00 bits per heavy atom. The number of carbonyl (C=O) groups is 2. The van der Waals surface area contributed by atoms with Crippen LogP contribution in [0.3, 0.4) is 0 Å². The van der Waals surface area contributed by atoms with Gasteiger partial charge < -0.3 is 10.4 Å². The van der Waals surface area contributed by atoms with Crippen LogP contribution >= 0.6 is 0 Å². The van der Waals surface area contributed by atoms with E-state index in [-0.39, 0.29) is 6.04 Å². The highest BCUT2D eigenvalue weighted by Crippen LogP contribution is 2.18. The van der Waals surface area contributed by atoms with E-state index in [2.05, 4.69) is 10.4 Å². The molecule has 2 N–H and O–H groups in total. The molecule has 0 saturated heterocycles. The molecule has 1 aromatic heterocycles. The number of nitrogens with zero attached hydrogens (tertiary/aromatic N) is 2. The molecule has 0 radical (unpaired) electrons. The molecular formula is C13H21N3O3. The van der Waals surface area contributed by atoms with Gasteiger partial charge in [-0.25, -0.2) is 0 Å². The Labute approximate surface area is 112 Å². The Balaban J connectivity index is 2.99. The van der Waals surface area contributed by atoms with Gasteiger partial charge >= 0.3 is 5.97 Å². The van der Waals surface area contributed by atoms with E-state index in [0.29, 0.717) is 5.69 Å². The summed E-state index contributed by atoms with van der Waals surface area (Å²) >= 11 is 0. The van der Waals surface area contributed by atoms with Gasteiger partial charge in [0.25, 0.3) is 5.91 Å². The number of rotatable bonds is 6. The van der Waals surface area contributed by atoms with Crippen molar-refractivity contribution in [3.05, 3.63) is 17.5 Å². The normalized spacial score (nSPS) is 12.5. The lowest BCUT2D eigenvalue weighted by atomic mass is 10.1. The van der Waals surface area contributed by atoms with Crippen molar-refractivity contribution in [1.82, 2.24) is 15.1 Å². The summed E-state index contributed by atoms with van der Waals surface area (Å²) in [5.41, 5.74) is 1.17. The first kappa shape index (κ1) is 15.2. The number of aliphatic carboxylic acids is 1. The van der Waals surface area contributed by atoms with Crippen molar-refractivity contribution in [3.63, 3.8) is 0 Å². The highest BCUT2D eigenvalue weighted by molar-refractivity contribution is 5.95. The summed E-state index contributed by atoms with van der Waals surface area (Å²) in [5.74, 6) is -1.46. The average molecular weight is 267 g/mol. The second kappa shape index (κ2) is 6.36. The van der Waals surface area contributed by atoms with Crippen molar-refractivity contribution in [2.45, 2.75) is 52.6 Å². The lowest BCUT2D eigenvalue weighted by Crippen LogP contribution is -2.39. The second-order valence-electron chi connectivity index (χ2n) is 4.62. The SMILES string of the molecule is CCC(CC)n1nc(C)cc1C(=O)NC(C)C(=O)O. The zero-order chi connectivity index (χ0) is 14.6. The number of hydrogen-bond donors (Lipinski definition) is 2. The summed E-state index contributed by atoms with van der Waals surface area (Å²) in [6.07, 6.45) is 1.73. The fraction of sp³-hybridized carbons (Fsp3) is 0.615. The highest BCUT2D eigenvalue weighted by atomic mass is 16.4. The monoisotopic (exact) mass is 267 g/mol. The Hall–Kier alpha value is -1.85. The highest BCUT2D eigenvalue weighted by Gasteiger charge is 2.21. The molecule has 0 aliphatic carbocycles. The van der Waals surface area contributed by atoms with Crippen LogP contribution in [0.4, 0.5) is 0 Å². The Kier molecular flexibility index (Phi) is 5.09. The van der Waals surface area contributed by atoms with Gasteiger partial charge in [0, 0.05) is 0 Å². The molecule has 0 aliphatic heterocycles.